The highest BCUT2D eigenvalue weighted by Crippen LogP contribution is 2.40. The van der Waals surface area contributed by atoms with E-state index in [2.05, 4.69) is 35.8 Å². The number of ether oxygens (including phenoxy) is 3. The first kappa shape index (κ1) is 28.0. The third kappa shape index (κ3) is 7.98. The fourth-order valence-electron chi connectivity index (χ4n) is 4.90. The Kier molecular flexibility index (Phi) is 9.69. The molecule has 0 radical (unpaired) electrons. The van der Waals surface area contributed by atoms with E-state index in [1.54, 1.807) is 12.1 Å². The summed E-state index contributed by atoms with van der Waals surface area (Å²) in [5, 5.41) is 5.42. The van der Waals surface area contributed by atoms with Crippen molar-refractivity contribution in [1.82, 2.24) is 5.32 Å². The summed E-state index contributed by atoms with van der Waals surface area (Å²) in [4.78, 5) is 38.1. The van der Waals surface area contributed by atoms with E-state index < -0.39 is 30.0 Å². The van der Waals surface area contributed by atoms with Gasteiger partial charge in [-0.2, -0.15) is 0 Å². The predicted octanol–water partition coefficient (Wildman–Crippen LogP) is 6.12. The summed E-state index contributed by atoms with van der Waals surface area (Å²) in [6.07, 6.45) is 12.0. The highest BCUT2D eigenvalue weighted by molar-refractivity contribution is 8.14. The lowest BCUT2D eigenvalue weighted by Gasteiger charge is -2.45. The second-order valence-electron chi connectivity index (χ2n) is 10.1. The summed E-state index contributed by atoms with van der Waals surface area (Å²) in [5.74, 6) is -1.24. The van der Waals surface area contributed by atoms with Gasteiger partial charge in [-0.05, 0) is 50.7 Å². The largest absolute Gasteiger partial charge is 0.459 e. The molecular weight excluding hydrogens is 504 g/mol. The first-order chi connectivity index (χ1) is 18.3. The van der Waals surface area contributed by atoms with Crippen LogP contribution in [0.4, 0.5) is 15.3 Å². The summed E-state index contributed by atoms with van der Waals surface area (Å²) in [7, 11) is 0. The number of hydrogen-bond donors (Lipinski definition) is 2. The number of nitrogens with one attached hydrogen (secondary N) is 2. The molecule has 2 bridgehead atoms. The molecule has 2 saturated heterocycles. The Morgan fingerprint density at radius 2 is 1.97 bits per heavy atom. The molecule has 2 N–H and O–H groups in total. The minimum Gasteiger partial charge on any atom is -0.459 e. The lowest BCUT2D eigenvalue weighted by Crippen LogP contribution is -2.61. The molecule has 0 aliphatic carbocycles. The average Bonchev–Trinajstić information content (AvgIpc) is 3.31. The molecule has 9 heteroatoms. The van der Waals surface area contributed by atoms with E-state index in [0.29, 0.717) is 30.2 Å². The number of para-hydroxylation sites is 1. The molecule has 2 amide bonds. The number of amides is 2. The van der Waals surface area contributed by atoms with E-state index in [-0.39, 0.29) is 17.8 Å². The summed E-state index contributed by atoms with van der Waals surface area (Å²) < 4.78 is 18.5. The fourth-order valence-corrected chi connectivity index (χ4v) is 5.78. The van der Waals surface area contributed by atoms with Crippen molar-refractivity contribution in [2.75, 3.05) is 11.1 Å². The van der Waals surface area contributed by atoms with Crippen LogP contribution in [0.5, 0.6) is 0 Å². The zero-order valence-corrected chi connectivity index (χ0v) is 22.7. The maximum absolute atomic E-state index is 13.1. The topological polar surface area (TPSA) is 103 Å². The molecule has 5 unspecified atom stereocenters. The number of rotatable bonds is 3. The molecule has 0 saturated carbocycles. The van der Waals surface area contributed by atoms with Gasteiger partial charge in [-0.15, -0.1) is 0 Å². The number of carbonyl (C=O) groups is 3. The summed E-state index contributed by atoms with van der Waals surface area (Å²) >= 11 is 1.12. The molecule has 8 nitrogen and oxygen atoms in total. The maximum Gasteiger partial charge on any atom is 0.414 e. The Labute approximate surface area is 228 Å². The lowest BCUT2D eigenvalue weighted by molar-refractivity contribution is -0.279. The summed E-state index contributed by atoms with van der Waals surface area (Å²) in [6, 6.07) is 8.38. The van der Waals surface area contributed by atoms with E-state index in [1.807, 2.05) is 31.2 Å². The standard InChI is InChI=1S/C29H36N2O6S/c1-20-10-6-3-4-7-11-21(2)16-26(32)35-24-17-23(15-14-20)36-29(18-24,25-19-38-28(34)31-25)37-27(33)30-22-12-8-5-9-13-22/h3-6,8-10,12-13,16,20,23-25H,7,11,14-15,17-19H2,1-2H3,(H,30,33)(H,31,34). The third-order valence-electron chi connectivity index (χ3n) is 6.88. The molecule has 4 rings (SSSR count). The van der Waals surface area contributed by atoms with E-state index >= 15 is 0 Å². The van der Waals surface area contributed by atoms with Crippen molar-refractivity contribution >= 4 is 34.8 Å². The molecule has 1 aromatic rings. The van der Waals surface area contributed by atoms with Crippen molar-refractivity contribution in [3.05, 3.63) is 66.3 Å². The van der Waals surface area contributed by atoms with Crippen molar-refractivity contribution in [2.45, 2.75) is 76.4 Å². The van der Waals surface area contributed by atoms with Gasteiger partial charge in [0.25, 0.3) is 5.24 Å². The lowest BCUT2D eigenvalue weighted by atomic mass is 9.90. The molecule has 3 heterocycles. The smallest absolute Gasteiger partial charge is 0.414 e. The molecule has 3 aliphatic heterocycles. The number of carbonyl (C=O) groups excluding carboxylic acids is 3. The minimum absolute atomic E-state index is 0.119. The number of anilines is 1. The van der Waals surface area contributed by atoms with Gasteiger partial charge in [0.15, 0.2) is 0 Å². The monoisotopic (exact) mass is 540 g/mol. The van der Waals surface area contributed by atoms with Crippen LogP contribution >= 0.6 is 11.8 Å². The van der Waals surface area contributed by atoms with Gasteiger partial charge in [0.2, 0.25) is 5.79 Å². The minimum atomic E-state index is -1.49. The Bertz CT molecular complexity index is 1090. The normalized spacial score (nSPS) is 30.6. The Morgan fingerprint density at radius 1 is 1.16 bits per heavy atom. The Balaban J connectivity index is 1.61. The van der Waals surface area contributed by atoms with E-state index in [4.69, 9.17) is 14.2 Å². The second-order valence-corrected chi connectivity index (χ2v) is 11.1. The van der Waals surface area contributed by atoms with Crippen LogP contribution in [0, 0.1) is 5.92 Å². The quantitative estimate of drug-likeness (QED) is 0.446. The molecule has 1 aromatic carbocycles. The molecule has 38 heavy (non-hydrogen) atoms. The Morgan fingerprint density at radius 3 is 2.74 bits per heavy atom. The highest BCUT2D eigenvalue weighted by atomic mass is 32.2. The molecule has 0 aromatic heterocycles. The third-order valence-corrected chi connectivity index (χ3v) is 7.76. The summed E-state index contributed by atoms with van der Waals surface area (Å²) in [6.45, 7) is 4.06. The first-order valence-corrected chi connectivity index (χ1v) is 14.2. The van der Waals surface area contributed by atoms with Crippen molar-refractivity contribution in [1.29, 1.82) is 0 Å². The van der Waals surface area contributed by atoms with Crippen molar-refractivity contribution < 1.29 is 28.6 Å². The highest BCUT2D eigenvalue weighted by Gasteiger charge is 2.54. The second kappa shape index (κ2) is 13.2. The van der Waals surface area contributed by atoms with Crippen LogP contribution in [0.25, 0.3) is 0 Å². The van der Waals surface area contributed by atoms with Gasteiger partial charge in [-0.25, -0.2) is 9.59 Å². The van der Waals surface area contributed by atoms with Crippen LogP contribution in [0.3, 0.4) is 0 Å². The first-order valence-electron chi connectivity index (χ1n) is 13.2. The molecule has 204 valence electrons. The number of benzene rings is 1. The van der Waals surface area contributed by atoms with Gasteiger partial charge in [0, 0.05) is 23.9 Å². The summed E-state index contributed by atoms with van der Waals surface area (Å²) in [5.41, 5.74) is 1.50. The fraction of sp³-hybridized carbons (Fsp3) is 0.483. The molecule has 0 spiro atoms. The van der Waals surface area contributed by atoms with Gasteiger partial charge in [0.1, 0.15) is 12.1 Å². The van der Waals surface area contributed by atoms with E-state index in [9.17, 15) is 14.4 Å². The molecular formula is C29H36N2O6S. The van der Waals surface area contributed by atoms with Crippen LogP contribution in [-0.2, 0) is 19.0 Å². The van der Waals surface area contributed by atoms with E-state index in [1.165, 1.54) is 6.08 Å². The van der Waals surface area contributed by atoms with Gasteiger partial charge < -0.3 is 19.5 Å². The molecule has 3 aliphatic rings. The van der Waals surface area contributed by atoms with Crippen LogP contribution in [0.2, 0.25) is 0 Å². The zero-order chi connectivity index (χ0) is 27.0. The number of hydrogen-bond acceptors (Lipinski definition) is 7. The van der Waals surface area contributed by atoms with Crippen molar-refractivity contribution in [3.8, 4) is 0 Å². The van der Waals surface area contributed by atoms with Gasteiger partial charge in [0.05, 0.1) is 12.5 Å². The van der Waals surface area contributed by atoms with Crippen LogP contribution in [-0.4, -0.2) is 47.1 Å². The molecule has 5 atom stereocenters. The zero-order valence-electron chi connectivity index (χ0n) is 21.9. The van der Waals surface area contributed by atoms with Gasteiger partial charge in [-0.3, -0.25) is 10.1 Å². The van der Waals surface area contributed by atoms with Crippen molar-refractivity contribution in [3.63, 3.8) is 0 Å². The van der Waals surface area contributed by atoms with Gasteiger partial charge >= 0.3 is 12.1 Å². The maximum atomic E-state index is 13.1. The predicted molar refractivity (Wildman–Crippen MR) is 148 cm³/mol. The van der Waals surface area contributed by atoms with E-state index in [0.717, 1.165) is 36.6 Å². The van der Waals surface area contributed by atoms with Crippen LogP contribution in [0.15, 0.2) is 66.3 Å². The number of thioether (sulfide) groups is 1. The number of esters is 1. The number of fused-ring (bicyclic) bond motifs is 2. The molecule has 2 fully saturated rings. The van der Waals surface area contributed by atoms with Crippen LogP contribution in [0.1, 0.15) is 52.4 Å². The SMILES string of the molecule is CC1=CC(=O)OC2CC(CCC(C)C=CC=CCC1)OC(OC(=O)Nc1ccccc1)(C1CSC(=O)N1)C2. The van der Waals surface area contributed by atoms with Gasteiger partial charge in [-0.1, -0.05) is 66.8 Å². The average molecular weight is 541 g/mol. The van der Waals surface area contributed by atoms with Crippen molar-refractivity contribution in [2.24, 2.45) is 5.92 Å². The van der Waals surface area contributed by atoms with Crippen LogP contribution < -0.4 is 10.6 Å². The Hall–Kier alpha value is -3.04. The number of allylic oxidation sites excluding steroid dienone is 5.